The van der Waals surface area contributed by atoms with Crippen LogP contribution in [0.3, 0.4) is 0 Å². The third-order valence-corrected chi connectivity index (χ3v) is 6.72. The van der Waals surface area contributed by atoms with Crippen molar-refractivity contribution in [1.82, 2.24) is 4.72 Å². The molecule has 1 N–H and O–H groups in total. The number of benzene rings is 2. The maximum Gasteiger partial charge on any atom is 0.241 e. The molecule has 1 unspecified atom stereocenters. The first-order chi connectivity index (χ1) is 13.7. The molecule has 0 aromatic heterocycles. The van der Waals surface area contributed by atoms with Crippen molar-refractivity contribution in [3.63, 3.8) is 0 Å². The smallest absolute Gasteiger partial charge is 0.241 e. The topological polar surface area (TPSA) is 75.7 Å². The summed E-state index contributed by atoms with van der Waals surface area (Å²) in [6, 6.07) is 12.1. The van der Waals surface area contributed by atoms with Crippen LogP contribution in [0.15, 0.2) is 47.4 Å². The monoisotopic (exact) mass is 416 g/mol. The largest absolute Gasteiger partial charge is 0.497 e. The van der Waals surface area contributed by atoms with Gasteiger partial charge in [0.1, 0.15) is 5.75 Å². The highest BCUT2D eigenvalue weighted by atomic mass is 32.2. The zero-order valence-corrected chi connectivity index (χ0v) is 18.1. The van der Waals surface area contributed by atoms with Crippen LogP contribution in [-0.4, -0.2) is 28.0 Å². The summed E-state index contributed by atoms with van der Waals surface area (Å²) in [5.74, 6) is 0.756. The summed E-state index contributed by atoms with van der Waals surface area (Å²) >= 11 is 0. The SMILES string of the molecule is COc1ccc(C(NS(=O)(=O)c2ccc3c(c2)CCCN3C(C)=O)C(C)C)cc1. The normalized spacial score (nSPS) is 15.1. The summed E-state index contributed by atoms with van der Waals surface area (Å²) < 4.78 is 34.3. The molecule has 0 saturated carbocycles. The second-order valence-electron chi connectivity index (χ2n) is 7.68. The van der Waals surface area contributed by atoms with Crippen molar-refractivity contribution >= 4 is 21.6 Å². The van der Waals surface area contributed by atoms with Crippen LogP contribution < -0.4 is 14.4 Å². The van der Waals surface area contributed by atoms with Gasteiger partial charge in [0.05, 0.1) is 12.0 Å². The molecule has 1 aliphatic heterocycles. The number of carbonyl (C=O) groups is 1. The zero-order chi connectivity index (χ0) is 21.2. The van der Waals surface area contributed by atoms with E-state index in [-0.39, 0.29) is 22.8 Å². The van der Waals surface area contributed by atoms with E-state index in [4.69, 9.17) is 4.74 Å². The molecule has 156 valence electrons. The van der Waals surface area contributed by atoms with Crippen molar-refractivity contribution in [2.24, 2.45) is 5.92 Å². The highest BCUT2D eigenvalue weighted by molar-refractivity contribution is 7.89. The molecule has 0 aliphatic carbocycles. The number of amides is 1. The van der Waals surface area contributed by atoms with Gasteiger partial charge in [0.15, 0.2) is 0 Å². The molecule has 0 spiro atoms. The molecule has 1 amide bonds. The summed E-state index contributed by atoms with van der Waals surface area (Å²) in [7, 11) is -2.13. The predicted molar refractivity (Wildman–Crippen MR) is 114 cm³/mol. The van der Waals surface area contributed by atoms with Gasteiger partial charge >= 0.3 is 0 Å². The molecular weight excluding hydrogens is 388 g/mol. The number of hydrogen-bond donors (Lipinski definition) is 1. The molecule has 1 heterocycles. The van der Waals surface area contributed by atoms with Crippen LogP contribution in [0, 0.1) is 5.92 Å². The Morgan fingerprint density at radius 3 is 2.41 bits per heavy atom. The summed E-state index contributed by atoms with van der Waals surface area (Å²) in [4.78, 5) is 13.8. The average Bonchev–Trinajstić information content (AvgIpc) is 2.71. The van der Waals surface area contributed by atoms with Crippen LogP contribution in [-0.2, 0) is 21.2 Å². The Balaban J connectivity index is 1.90. The molecule has 3 rings (SSSR count). The Morgan fingerprint density at radius 2 is 1.83 bits per heavy atom. The lowest BCUT2D eigenvalue weighted by molar-refractivity contribution is -0.116. The first-order valence-electron chi connectivity index (χ1n) is 9.80. The lowest BCUT2D eigenvalue weighted by atomic mass is 9.97. The van der Waals surface area contributed by atoms with E-state index in [2.05, 4.69) is 4.72 Å². The van der Waals surface area contributed by atoms with Gasteiger partial charge in [-0.05, 0) is 60.2 Å². The highest BCUT2D eigenvalue weighted by Gasteiger charge is 2.26. The molecule has 0 radical (unpaired) electrons. The van der Waals surface area contributed by atoms with E-state index in [0.29, 0.717) is 6.54 Å². The van der Waals surface area contributed by atoms with Gasteiger partial charge in [-0.3, -0.25) is 4.79 Å². The molecule has 6 nitrogen and oxygen atoms in total. The number of ether oxygens (including phenoxy) is 1. The molecule has 1 atom stereocenters. The minimum Gasteiger partial charge on any atom is -0.497 e. The van der Waals surface area contributed by atoms with Gasteiger partial charge in [-0.2, -0.15) is 0 Å². The average molecular weight is 417 g/mol. The summed E-state index contributed by atoms with van der Waals surface area (Å²) in [6.07, 6.45) is 1.58. The fourth-order valence-electron chi connectivity index (χ4n) is 3.70. The van der Waals surface area contributed by atoms with E-state index in [0.717, 1.165) is 35.4 Å². The number of hydrogen-bond acceptors (Lipinski definition) is 4. The number of sulfonamides is 1. The van der Waals surface area contributed by atoms with Gasteiger partial charge in [0.25, 0.3) is 0 Å². The van der Waals surface area contributed by atoms with Gasteiger partial charge in [-0.15, -0.1) is 0 Å². The lowest BCUT2D eigenvalue weighted by Gasteiger charge is -2.29. The van der Waals surface area contributed by atoms with Crippen molar-refractivity contribution < 1.29 is 17.9 Å². The van der Waals surface area contributed by atoms with Gasteiger partial charge in [0, 0.05) is 25.2 Å². The third-order valence-electron chi connectivity index (χ3n) is 5.28. The van der Waals surface area contributed by atoms with Gasteiger partial charge in [-0.25, -0.2) is 13.1 Å². The van der Waals surface area contributed by atoms with Crippen molar-refractivity contribution in [3.05, 3.63) is 53.6 Å². The minimum absolute atomic E-state index is 0.0286. The lowest BCUT2D eigenvalue weighted by Crippen LogP contribution is -2.34. The Hall–Kier alpha value is -2.38. The Morgan fingerprint density at radius 1 is 1.14 bits per heavy atom. The summed E-state index contributed by atoms with van der Waals surface area (Å²) in [6.45, 7) is 6.16. The number of carbonyl (C=O) groups excluding carboxylic acids is 1. The Kier molecular flexibility index (Phi) is 6.29. The van der Waals surface area contributed by atoms with Crippen LogP contribution in [0.1, 0.15) is 44.4 Å². The summed E-state index contributed by atoms with van der Waals surface area (Å²) in [5.41, 5.74) is 2.57. The fraction of sp³-hybridized carbons (Fsp3) is 0.409. The number of anilines is 1. The highest BCUT2D eigenvalue weighted by Crippen LogP contribution is 2.31. The predicted octanol–water partition coefficient (Wildman–Crippen LogP) is 3.67. The zero-order valence-electron chi connectivity index (χ0n) is 17.3. The maximum atomic E-state index is 13.1. The Labute approximate surface area is 172 Å². The van der Waals surface area contributed by atoms with Crippen LogP contribution in [0.2, 0.25) is 0 Å². The van der Waals surface area contributed by atoms with E-state index >= 15 is 0 Å². The van der Waals surface area contributed by atoms with Crippen LogP contribution in [0.5, 0.6) is 5.75 Å². The van der Waals surface area contributed by atoms with Gasteiger partial charge in [0.2, 0.25) is 15.9 Å². The molecule has 1 aliphatic rings. The van der Waals surface area contributed by atoms with Crippen molar-refractivity contribution in [2.75, 3.05) is 18.6 Å². The molecule has 0 fully saturated rings. The quantitative estimate of drug-likeness (QED) is 0.780. The molecule has 0 saturated heterocycles. The first kappa shape index (κ1) is 21.3. The van der Waals surface area contributed by atoms with E-state index < -0.39 is 10.0 Å². The van der Waals surface area contributed by atoms with Gasteiger partial charge in [-0.1, -0.05) is 26.0 Å². The van der Waals surface area contributed by atoms with E-state index in [1.54, 1.807) is 30.2 Å². The van der Waals surface area contributed by atoms with Crippen molar-refractivity contribution in [1.29, 1.82) is 0 Å². The number of aryl methyl sites for hydroxylation is 1. The maximum absolute atomic E-state index is 13.1. The number of nitrogens with one attached hydrogen (secondary N) is 1. The van der Waals surface area contributed by atoms with Crippen molar-refractivity contribution in [3.8, 4) is 5.75 Å². The first-order valence-corrected chi connectivity index (χ1v) is 11.3. The number of nitrogens with zero attached hydrogens (tertiary/aromatic N) is 1. The third kappa shape index (κ3) is 4.62. The molecule has 2 aromatic carbocycles. The number of rotatable bonds is 6. The minimum atomic E-state index is -3.72. The van der Waals surface area contributed by atoms with Gasteiger partial charge < -0.3 is 9.64 Å². The Bertz CT molecular complexity index is 984. The fourth-order valence-corrected chi connectivity index (χ4v) is 5.13. The number of methoxy groups -OCH3 is 1. The van der Waals surface area contributed by atoms with E-state index in [1.165, 1.54) is 6.92 Å². The van der Waals surface area contributed by atoms with Crippen molar-refractivity contribution in [2.45, 2.75) is 44.6 Å². The molecule has 2 aromatic rings. The molecular formula is C22H28N2O4S. The standard InChI is InChI=1S/C22H28N2O4S/c1-15(2)22(17-7-9-19(28-4)10-8-17)23-29(26,27)20-11-12-21-18(14-20)6-5-13-24(21)16(3)25/h7-12,14-15,22-23H,5-6,13H2,1-4H3. The van der Waals surface area contributed by atoms with Crippen LogP contribution in [0.25, 0.3) is 0 Å². The summed E-state index contributed by atoms with van der Waals surface area (Å²) in [5, 5.41) is 0. The number of fused-ring (bicyclic) bond motifs is 1. The second kappa shape index (κ2) is 8.55. The molecule has 7 heteroatoms. The van der Waals surface area contributed by atoms with Crippen LogP contribution >= 0.6 is 0 Å². The van der Waals surface area contributed by atoms with Crippen LogP contribution in [0.4, 0.5) is 5.69 Å². The second-order valence-corrected chi connectivity index (χ2v) is 9.39. The molecule has 0 bridgehead atoms. The van der Waals surface area contributed by atoms with E-state index in [9.17, 15) is 13.2 Å². The molecule has 29 heavy (non-hydrogen) atoms. The van der Waals surface area contributed by atoms with E-state index in [1.807, 2.05) is 38.1 Å².